The molecule has 0 saturated carbocycles. The zero-order chi connectivity index (χ0) is 17.8. The molecule has 0 fully saturated rings. The van der Waals surface area contributed by atoms with Crippen molar-refractivity contribution in [1.29, 1.82) is 0 Å². The van der Waals surface area contributed by atoms with Crippen LogP contribution in [0.25, 0.3) is 11.0 Å². The van der Waals surface area contributed by atoms with Crippen LogP contribution in [0.15, 0.2) is 36.4 Å². The first-order chi connectivity index (χ1) is 12.0. The van der Waals surface area contributed by atoms with Crippen LogP contribution in [0.3, 0.4) is 0 Å². The molecule has 0 spiro atoms. The van der Waals surface area contributed by atoms with Crippen molar-refractivity contribution in [3.63, 3.8) is 0 Å². The molecule has 3 aromatic rings. The third-order valence-electron chi connectivity index (χ3n) is 3.67. The number of nitrogens with zero attached hydrogens (tertiary/aromatic N) is 1. The van der Waals surface area contributed by atoms with E-state index in [0.717, 1.165) is 16.6 Å². The minimum atomic E-state index is -0.864. The smallest absolute Gasteiger partial charge is 0.303 e. The number of H-pyrrole nitrogens is 1. The van der Waals surface area contributed by atoms with Gasteiger partial charge in [-0.15, -0.1) is 0 Å². The monoisotopic (exact) mass is 354 g/mol. The van der Waals surface area contributed by atoms with E-state index in [1.807, 2.05) is 30.3 Å². The van der Waals surface area contributed by atoms with Crippen LogP contribution in [-0.2, 0) is 17.8 Å². The molecule has 0 bridgehead atoms. The summed E-state index contributed by atoms with van der Waals surface area (Å²) in [6.45, 7) is 0.000238. The number of aromatic nitrogens is 2. The number of imidazole rings is 1. The highest BCUT2D eigenvalue weighted by Gasteiger charge is 2.08. The Labute approximate surface area is 149 Å². The molecule has 126 valence electrons. The molecular weight excluding hydrogens is 340 g/mol. The van der Waals surface area contributed by atoms with Crippen LogP contribution >= 0.6 is 11.6 Å². The van der Waals surface area contributed by atoms with Gasteiger partial charge in [0.05, 0.1) is 29.1 Å². The van der Waals surface area contributed by atoms with E-state index in [-0.39, 0.29) is 13.0 Å². The quantitative estimate of drug-likeness (QED) is 0.628. The molecule has 0 aliphatic rings. The summed E-state index contributed by atoms with van der Waals surface area (Å²) in [6.07, 6.45) is 0.351. The van der Waals surface area contributed by atoms with E-state index in [0.29, 0.717) is 28.3 Å². The number of carboxylic acid groups (broad SMARTS) is 1. The number of hydrogen-bond donors (Lipinski definition) is 3. The summed E-state index contributed by atoms with van der Waals surface area (Å²) < 4.78 is 0. The van der Waals surface area contributed by atoms with Gasteiger partial charge in [-0.3, -0.25) is 4.79 Å². The number of benzene rings is 2. The number of hydrogen-bond acceptors (Lipinski definition) is 3. The molecule has 2 aromatic carbocycles. The van der Waals surface area contributed by atoms with Gasteiger partial charge in [0.2, 0.25) is 0 Å². The van der Waals surface area contributed by atoms with E-state index in [1.54, 1.807) is 6.07 Å². The van der Waals surface area contributed by atoms with Crippen LogP contribution in [0.4, 0.5) is 0 Å². The number of aromatic amines is 1. The number of aliphatic hydroxyl groups excluding tert-OH is 1. The molecule has 0 radical (unpaired) electrons. The Kier molecular flexibility index (Phi) is 5.03. The van der Waals surface area contributed by atoms with Crippen molar-refractivity contribution in [1.82, 2.24) is 9.97 Å². The molecular formula is C19H15ClN2O3. The van der Waals surface area contributed by atoms with Gasteiger partial charge in [-0.05, 0) is 29.8 Å². The second-order valence-corrected chi connectivity index (χ2v) is 5.94. The molecule has 3 rings (SSSR count). The summed E-state index contributed by atoms with van der Waals surface area (Å²) in [4.78, 5) is 18.1. The molecule has 0 aliphatic heterocycles. The van der Waals surface area contributed by atoms with Gasteiger partial charge in [0.25, 0.3) is 0 Å². The van der Waals surface area contributed by atoms with Gasteiger partial charge in [0.15, 0.2) is 0 Å². The topological polar surface area (TPSA) is 86.2 Å². The number of aliphatic carboxylic acids is 1. The maximum Gasteiger partial charge on any atom is 0.303 e. The van der Waals surface area contributed by atoms with Gasteiger partial charge in [-0.1, -0.05) is 35.6 Å². The molecule has 5 nitrogen and oxygen atoms in total. The number of carboxylic acids is 1. The second kappa shape index (κ2) is 7.39. The first-order valence-electron chi connectivity index (χ1n) is 7.67. The summed E-state index contributed by atoms with van der Waals surface area (Å²) in [5.74, 6) is 5.81. The molecule has 6 heteroatoms. The lowest BCUT2D eigenvalue weighted by Gasteiger charge is -1.97. The lowest BCUT2D eigenvalue weighted by atomic mass is 10.1. The number of fused-ring (bicyclic) bond motifs is 1. The van der Waals surface area contributed by atoms with E-state index in [4.69, 9.17) is 21.8 Å². The van der Waals surface area contributed by atoms with Gasteiger partial charge in [0.1, 0.15) is 5.82 Å². The van der Waals surface area contributed by atoms with Crippen LogP contribution in [-0.4, -0.2) is 26.2 Å². The predicted octanol–water partition coefficient (Wildman–Crippen LogP) is 3.13. The van der Waals surface area contributed by atoms with Gasteiger partial charge in [0, 0.05) is 17.5 Å². The predicted molar refractivity (Wildman–Crippen MR) is 95.4 cm³/mol. The first kappa shape index (κ1) is 17.0. The van der Waals surface area contributed by atoms with Crippen LogP contribution in [0.1, 0.15) is 28.9 Å². The highest BCUT2D eigenvalue weighted by molar-refractivity contribution is 6.32. The summed E-state index contributed by atoms with van der Waals surface area (Å²) in [5, 5.41) is 18.3. The van der Waals surface area contributed by atoms with E-state index in [2.05, 4.69) is 21.8 Å². The van der Waals surface area contributed by atoms with Crippen molar-refractivity contribution < 1.29 is 15.0 Å². The number of aliphatic hydroxyl groups is 1. The van der Waals surface area contributed by atoms with Crippen LogP contribution in [0.5, 0.6) is 0 Å². The van der Waals surface area contributed by atoms with Gasteiger partial charge >= 0.3 is 5.97 Å². The number of aryl methyl sites for hydroxylation is 1. The number of carbonyl (C=O) groups is 1. The Hall–Kier alpha value is -2.81. The average Bonchev–Trinajstić information content (AvgIpc) is 3.00. The van der Waals surface area contributed by atoms with E-state index in [1.165, 1.54) is 0 Å². The zero-order valence-electron chi connectivity index (χ0n) is 13.2. The number of halogens is 1. The maximum atomic E-state index is 10.7. The Morgan fingerprint density at radius 3 is 2.64 bits per heavy atom. The van der Waals surface area contributed by atoms with Crippen molar-refractivity contribution in [2.75, 3.05) is 0 Å². The van der Waals surface area contributed by atoms with E-state index < -0.39 is 5.97 Å². The molecule has 0 amide bonds. The Morgan fingerprint density at radius 2 is 1.96 bits per heavy atom. The van der Waals surface area contributed by atoms with Crippen LogP contribution in [0, 0.1) is 11.8 Å². The molecule has 25 heavy (non-hydrogen) atoms. The van der Waals surface area contributed by atoms with E-state index in [9.17, 15) is 4.79 Å². The van der Waals surface area contributed by atoms with Crippen molar-refractivity contribution >= 4 is 28.6 Å². The van der Waals surface area contributed by atoms with E-state index >= 15 is 0 Å². The van der Waals surface area contributed by atoms with Crippen molar-refractivity contribution in [2.24, 2.45) is 0 Å². The minimum Gasteiger partial charge on any atom is -0.481 e. The number of nitrogens with one attached hydrogen (secondary N) is 1. The molecule has 1 heterocycles. The highest BCUT2D eigenvalue weighted by Crippen LogP contribution is 2.22. The summed E-state index contributed by atoms with van der Waals surface area (Å²) >= 11 is 6.27. The lowest BCUT2D eigenvalue weighted by molar-refractivity contribution is -0.137. The first-order valence-corrected chi connectivity index (χ1v) is 8.04. The second-order valence-electron chi connectivity index (χ2n) is 5.53. The Balaban J connectivity index is 1.87. The van der Waals surface area contributed by atoms with Gasteiger partial charge < -0.3 is 15.2 Å². The largest absolute Gasteiger partial charge is 0.481 e. The maximum absolute atomic E-state index is 10.7. The molecule has 0 unspecified atom stereocenters. The Bertz CT molecular complexity index is 982. The SMILES string of the molecule is O=C(O)CCc1nc2cc(Cl)c(C#Cc3ccc(CO)cc3)cc2[nH]1. The molecule has 0 atom stereocenters. The van der Waals surface area contributed by atoms with Crippen molar-refractivity contribution in [2.45, 2.75) is 19.4 Å². The van der Waals surface area contributed by atoms with Crippen molar-refractivity contribution in [3.05, 3.63) is 63.9 Å². The summed E-state index contributed by atoms with van der Waals surface area (Å²) in [5.41, 5.74) is 3.76. The van der Waals surface area contributed by atoms with Crippen LogP contribution < -0.4 is 0 Å². The fraction of sp³-hybridized carbons (Fsp3) is 0.158. The fourth-order valence-electron chi connectivity index (χ4n) is 2.36. The van der Waals surface area contributed by atoms with Crippen LogP contribution in [0.2, 0.25) is 5.02 Å². The van der Waals surface area contributed by atoms with Gasteiger partial charge in [-0.25, -0.2) is 4.98 Å². The fourth-order valence-corrected chi connectivity index (χ4v) is 2.56. The normalized spacial score (nSPS) is 10.5. The Morgan fingerprint density at radius 1 is 1.20 bits per heavy atom. The van der Waals surface area contributed by atoms with Gasteiger partial charge in [-0.2, -0.15) is 0 Å². The summed E-state index contributed by atoms with van der Waals surface area (Å²) in [6, 6.07) is 10.8. The molecule has 1 aromatic heterocycles. The molecule has 0 aliphatic carbocycles. The number of rotatable bonds is 4. The molecule has 3 N–H and O–H groups in total. The van der Waals surface area contributed by atoms with Crippen molar-refractivity contribution in [3.8, 4) is 11.8 Å². The summed E-state index contributed by atoms with van der Waals surface area (Å²) in [7, 11) is 0. The minimum absolute atomic E-state index is 0.000238. The molecule has 0 saturated heterocycles. The highest BCUT2D eigenvalue weighted by atomic mass is 35.5. The lowest BCUT2D eigenvalue weighted by Crippen LogP contribution is -1.98. The average molecular weight is 355 g/mol. The standard InChI is InChI=1S/C19H15ClN2O3/c20-15-10-17-16(21-18(22-17)7-8-19(24)25)9-14(15)6-5-12-1-3-13(11-23)4-2-12/h1-4,9-10,23H,7-8,11H2,(H,21,22)(H,24,25). The third kappa shape index (κ3) is 4.18. The zero-order valence-corrected chi connectivity index (χ0v) is 14.0. The third-order valence-corrected chi connectivity index (χ3v) is 3.99.